The van der Waals surface area contributed by atoms with Gasteiger partial charge in [0.25, 0.3) is 0 Å². The van der Waals surface area contributed by atoms with Crippen molar-refractivity contribution >= 4 is 17.5 Å². The summed E-state index contributed by atoms with van der Waals surface area (Å²) >= 11 is 6.22. The van der Waals surface area contributed by atoms with Gasteiger partial charge in [0.05, 0.1) is 7.11 Å². The fourth-order valence-electron chi connectivity index (χ4n) is 2.29. The third-order valence-electron chi connectivity index (χ3n) is 3.78. The number of ether oxygens (including phenoxy) is 1. The average Bonchev–Trinajstić information content (AvgIpc) is 2.61. The summed E-state index contributed by atoms with van der Waals surface area (Å²) in [6.07, 6.45) is 1.83. The van der Waals surface area contributed by atoms with E-state index < -0.39 is 5.38 Å². The Morgan fingerprint density at radius 2 is 1.70 bits per heavy atom. The highest BCUT2D eigenvalue weighted by molar-refractivity contribution is 6.30. The number of carbonyl (C=O) groups excluding carboxylic acids is 1. The maximum atomic E-state index is 12.1. The highest BCUT2D eigenvalue weighted by Gasteiger charge is 2.17. The summed E-state index contributed by atoms with van der Waals surface area (Å²) in [6.45, 7) is 2.71. The molecule has 1 atom stereocenters. The van der Waals surface area contributed by atoms with Crippen LogP contribution in [0.25, 0.3) is 0 Å². The van der Waals surface area contributed by atoms with Crippen LogP contribution in [0.5, 0.6) is 5.75 Å². The maximum Gasteiger partial charge on any atom is 0.242 e. The van der Waals surface area contributed by atoms with Crippen molar-refractivity contribution in [1.29, 1.82) is 0 Å². The fraction of sp³-hybridized carbons (Fsp3) is 0.316. The van der Waals surface area contributed by atoms with Gasteiger partial charge >= 0.3 is 0 Å². The van der Waals surface area contributed by atoms with E-state index in [-0.39, 0.29) is 5.91 Å². The molecule has 0 bridgehead atoms. The van der Waals surface area contributed by atoms with Gasteiger partial charge in [0, 0.05) is 6.54 Å². The molecule has 23 heavy (non-hydrogen) atoms. The number of alkyl halides is 1. The van der Waals surface area contributed by atoms with Crippen molar-refractivity contribution in [2.24, 2.45) is 0 Å². The molecular weight excluding hydrogens is 310 g/mol. The van der Waals surface area contributed by atoms with E-state index in [9.17, 15) is 4.79 Å². The van der Waals surface area contributed by atoms with Gasteiger partial charge in [0.15, 0.2) is 0 Å². The Hall–Kier alpha value is -2.00. The van der Waals surface area contributed by atoms with Gasteiger partial charge in [0.2, 0.25) is 5.91 Å². The van der Waals surface area contributed by atoms with Crippen LogP contribution < -0.4 is 10.1 Å². The largest absolute Gasteiger partial charge is 0.497 e. The molecule has 0 radical (unpaired) electrons. The van der Waals surface area contributed by atoms with Gasteiger partial charge in [-0.2, -0.15) is 0 Å². The Kier molecular flexibility index (Phi) is 6.48. The lowest BCUT2D eigenvalue weighted by atomic mass is 10.1. The zero-order valence-electron chi connectivity index (χ0n) is 13.5. The molecule has 0 aliphatic heterocycles. The van der Waals surface area contributed by atoms with Gasteiger partial charge < -0.3 is 10.1 Å². The van der Waals surface area contributed by atoms with Gasteiger partial charge in [-0.3, -0.25) is 4.79 Å². The van der Waals surface area contributed by atoms with E-state index in [0.717, 1.165) is 24.2 Å². The number of hydrogen-bond acceptors (Lipinski definition) is 2. The molecule has 0 aliphatic carbocycles. The summed E-state index contributed by atoms with van der Waals surface area (Å²) < 4.78 is 5.10. The summed E-state index contributed by atoms with van der Waals surface area (Å²) in [5, 5.41) is 2.19. The molecule has 2 aromatic rings. The van der Waals surface area contributed by atoms with Crippen molar-refractivity contribution < 1.29 is 9.53 Å². The lowest BCUT2D eigenvalue weighted by Crippen LogP contribution is -2.28. The first kappa shape index (κ1) is 17.4. The third kappa shape index (κ3) is 5.00. The quantitative estimate of drug-likeness (QED) is 0.781. The molecule has 3 nitrogen and oxygen atoms in total. The van der Waals surface area contributed by atoms with E-state index >= 15 is 0 Å². The Bertz CT molecular complexity index is 623. The minimum Gasteiger partial charge on any atom is -0.497 e. The lowest BCUT2D eigenvalue weighted by molar-refractivity contribution is -0.120. The first-order chi connectivity index (χ1) is 11.1. The van der Waals surface area contributed by atoms with E-state index in [1.54, 1.807) is 31.4 Å². The summed E-state index contributed by atoms with van der Waals surface area (Å²) in [6, 6.07) is 15.7. The van der Waals surface area contributed by atoms with Crippen molar-refractivity contribution in [1.82, 2.24) is 5.32 Å². The normalized spacial score (nSPS) is 11.8. The first-order valence-electron chi connectivity index (χ1n) is 7.77. The summed E-state index contributed by atoms with van der Waals surface area (Å²) in [5.74, 6) is 0.565. The van der Waals surface area contributed by atoms with Crippen LogP contribution in [0.1, 0.15) is 29.0 Å². The van der Waals surface area contributed by atoms with Gasteiger partial charge in [-0.1, -0.05) is 43.3 Å². The predicted molar refractivity (Wildman–Crippen MR) is 94.1 cm³/mol. The number of methoxy groups -OCH3 is 1. The van der Waals surface area contributed by atoms with Crippen LogP contribution in [-0.4, -0.2) is 19.6 Å². The molecule has 122 valence electrons. The van der Waals surface area contributed by atoms with E-state index in [1.807, 2.05) is 0 Å². The molecule has 1 amide bonds. The Morgan fingerprint density at radius 1 is 1.09 bits per heavy atom. The molecule has 0 saturated carbocycles. The molecule has 4 heteroatoms. The maximum absolute atomic E-state index is 12.1. The van der Waals surface area contributed by atoms with Crippen molar-refractivity contribution in [3.05, 3.63) is 65.2 Å². The van der Waals surface area contributed by atoms with E-state index in [2.05, 4.69) is 36.5 Å². The number of nitrogens with one attached hydrogen (secondary N) is 1. The predicted octanol–water partition coefficient (Wildman–Crippen LogP) is 3.90. The van der Waals surface area contributed by atoms with Crippen LogP contribution in [0.3, 0.4) is 0 Å². The molecule has 2 rings (SSSR count). The minimum absolute atomic E-state index is 0.179. The second-order valence-corrected chi connectivity index (χ2v) is 5.78. The number of aryl methyl sites for hydroxylation is 1. The molecule has 0 saturated heterocycles. The zero-order valence-corrected chi connectivity index (χ0v) is 14.3. The lowest BCUT2D eigenvalue weighted by Gasteiger charge is -2.11. The number of rotatable bonds is 7. The number of amides is 1. The highest BCUT2D eigenvalue weighted by Crippen LogP contribution is 2.23. The SMILES string of the molecule is CCc1ccc(CCNC(=O)C(Cl)c2ccc(OC)cc2)cc1. The fourth-order valence-corrected chi connectivity index (χ4v) is 2.51. The van der Waals surface area contributed by atoms with Crippen LogP contribution >= 0.6 is 11.6 Å². The number of benzene rings is 2. The molecule has 0 spiro atoms. The van der Waals surface area contributed by atoms with Crippen molar-refractivity contribution in [2.45, 2.75) is 25.1 Å². The number of halogens is 1. The van der Waals surface area contributed by atoms with E-state index in [4.69, 9.17) is 16.3 Å². The molecule has 0 aromatic heterocycles. The molecule has 1 unspecified atom stereocenters. The average molecular weight is 332 g/mol. The Labute approximate surface area is 142 Å². The van der Waals surface area contributed by atoms with Crippen LogP contribution in [0.15, 0.2) is 48.5 Å². The molecule has 0 aliphatic rings. The van der Waals surface area contributed by atoms with Gasteiger partial charge in [-0.15, -0.1) is 11.6 Å². The van der Waals surface area contributed by atoms with E-state index in [1.165, 1.54) is 11.1 Å². The molecule has 2 aromatic carbocycles. The smallest absolute Gasteiger partial charge is 0.242 e. The molecule has 0 heterocycles. The van der Waals surface area contributed by atoms with Gasteiger partial charge in [-0.05, 0) is 41.7 Å². The second kappa shape index (κ2) is 8.59. The summed E-state index contributed by atoms with van der Waals surface area (Å²) in [7, 11) is 1.60. The Balaban J connectivity index is 1.83. The van der Waals surface area contributed by atoms with Crippen molar-refractivity contribution in [2.75, 3.05) is 13.7 Å². The Morgan fingerprint density at radius 3 is 2.26 bits per heavy atom. The van der Waals surface area contributed by atoms with Gasteiger partial charge in [0.1, 0.15) is 11.1 Å². The van der Waals surface area contributed by atoms with Crippen LogP contribution in [0, 0.1) is 0 Å². The zero-order chi connectivity index (χ0) is 16.7. The first-order valence-corrected chi connectivity index (χ1v) is 8.21. The van der Waals surface area contributed by atoms with Crippen molar-refractivity contribution in [3.8, 4) is 5.75 Å². The molecule has 0 fully saturated rings. The standard InChI is InChI=1S/C19H22ClNO2/c1-3-14-4-6-15(7-5-14)12-13-21-19(22)18(20)16-8-10-17(23-2)11-9-16/h4-11,18H,3,12-13H2,1-2H3,(H,21,22). The monoisotopic (exact) mass is 331 g/mol. The molecule has 1 N–H and O–H groups in total. The number of hydrogen-bond donors (Lipinski definition) is 1. The second-order valence-electron chi connectivity index (χ2n) is 5.35. The summed E-state index contributed by atoms with van der Waals surface area (Å²) in [4.78, 5) is 12.1. The minimum atomic E-state index is -0.691. The molecular formula is C19H22ClNO2. The van der Waals surface area contributed by atoms with Crippen LogP contribution in [0.4, 0.5) is 0 Å². The van der Waals surface area contributed by atoms with Gasteiger partial charge in [-0.25, -0.2) is 0 Å². The van der Waals surface area contributed by atoms with E-state index in [0.29, 0.717) is 6.54 Å². The third-order valence-corrected chi connectivity index (χ3v) is 4.23. The topological polar surface area (TPSA) is 38.3 Å². The van der Waals surface area contributed by atoms with Crippen molar-refractivity contribution in [3.63, 3.8) is 0 Å². The summed E-state index contributed by atoms with van der Waals surface area (Å²) in [5.41, 5.74) is 3.29. The van der Waals surface area contributed by atoms with Crippen LogP contribution in [0.2, 0.25) is 0 Å². The highest BCUT2D eigenvalue weighted by atomic mass is 35.5. The number of carbonyl (C=O) groups is 1. The van der Waals surface area contributed by atoms with Crippen LogP contribution in [-0.2, 0) is 17.6 Å².